The molecule has 7 nitrogen and oxygen atoms in total. The van der Waals surface area contributed by atoms with E-state index >= 15 is 0 Å². The quantitative estimate of drug-likeness (QED) is 0.725. The van der Waals surface area contributed by atoms with Crippen molar-refractivity contribution < 1.29 is 17.9 Å². The van der Waals surface area contributed by atoms with Gasteiger partial charge in [0.2, 0.25) is 15.9 Å². The summed E-state index contributed by atoms with van der Waals surface area (Å²) in [4.78, 5) is 16.7. The van der Waals surface area contributed by atoms with E-state index in [1.807, 2.05) is 37.7 Å². The van der Waals surface area contributed by atoms with Crippen molar-refractivity contribution >= 4 is 15.9 Å². The summed E-state index contributed by atoms with van der Waals surface area (Å²) in [5, 5.41) is 0. The van der Waals surface area contributed by atoms with Crippen LogP contribution in [0.5, 0.6) is 5.75 Å². The molecule has 0 aliphatic carbocycles. The Hall–Kier alpha value is -1.64. The number of rotatable bonds is 5. The highest BCUT2D eigenvalue weighted by atomic mass is 32.2. The largest absolute Gasteiger partial charge is 0.487 e. The molecule has 0 aromatic heterocycles. The van der Waals surface area contributed by atoms with E-state index in [0.717, 1.165) is 0 Å². The van der Waals surface area contributed by atoms with E-state index in [-0.39, 0.29) is 22.9 Å². The molecule has 8 heteroatoms. The van der Waals surface area contributed by atoms with Crippen molar-refractivity contribution in [1.29, 1.82) is 0 Å². The zero-order valence-electron chi connectivity index (χ0n) is 17.9. The van der Waals surface area contributed by atoms with Crippen LogP contribution in [0.15, 0.2) is 29.2 Å². The molecule has 2 heterocycles. The first kappa shape index (κ1) is 22.1. The number of likely N-dealkylation sites (N-methyl/N-ethyl adjacent to an activating group) is 1. The third-order valence-electron chi connectivity index (χ3n) is 5.59. The first-order chi connectivity index (χ1) is 13.7. The second kappa shape index (κ2) is 9.02. The van der Waals surface area contributed by atoms with E-state index in [0.29, 0.717) is 57.1 Å². The molecular weight excluding hydrogens is 390 g/mol. The third-order valence-corrected chi connectivity index (χ3v) is 7.56. The standard InChI is InChI=1S/C21H33N3O4S/c1-16(2)15-21(25)23-11-9-17-18(10-12-23)28-19-7-5-6-8-20(19)29(26,27)24(17)14-13-22(3)4/h5-8,16-18H,9-15H2,1-4H3/t17-,18-/m1/s1. The fraction of sp³-hybridized carbons (Fsp3) is 0.667. The van der Waals surface area contributed by atoms with Crippen LogP contribution in [0, 0.1) is 5.92 Å². The second-order valence-corrected chi connectivity index (χ2v) is 10.5. The molecule has 1 aromatic carbocycles. The number of fused-ring (bicyclic) bond motifs is 2. The summed E-state index contributed by atoms with van der Waals surface area (Å²) in [7, 11) is 0.192. The molecule has 0 spiro atoms. The Kier molecular flexibility index (Phi) is 6.86. The summed E-state index contributed by atoms with van der Waals surface area (Å²) < 4.78 is 34.9. The van der Waals surface area contributed by atoms with Gasteiger partial charge < -0.3 is 14.5 Å². The molecular formula is C21H33N3O4S. The van der Waals surface area contributed by atoms with Crippen LogP contribution in [0.4, 0.5) is 0 Å². The first-order valence-corrected chi connectivity index (χ1v) is 11.8. The minimum atomic E-state index is -3.68. The van der Waals surface area contributed by atoms with Gasteiger partial charge in [-0.1, -0.05) is 26.0 Å². The van der Waals surface area contributed by atoms with Gasteiger partial charge in [-0.15, -0.1) is 0 Å². The highest BCUT2D eigenvalue weighted by molar-refractivity contribution is 7.89. The summed E-state index contributed by atoms with van der Waals surface area (Å²) >= 11 is 0. The summed E-state index contributed by atoms with van der Waals surface area (Å²) in [5.74, 6) is 0.854. The Morgan fingerprint density at radius 2 is 1.90 bits per heavy atom. The Morgan fingerprint density at radius 3 is 2.59 bits per heavy atom. The molecule has 162 valence electrons. The lowest BCUT2D eigenvalue weighted by atomic mass is 10.1. The molecule has 3 rings (SSSR count). The zero-order chi connectivity index (χ0) is 21.2. The summed E-state index contributed by atoms with van der Waals surface area (Å²) in [6.45, 7) is 6.25. The van der Waals surface area contributed by atoms with E-state index < -0.39 is 10.0 Å². The number of sulfonamides is 1. The van der Waals surface area contributed by atoms with Gasteiger partial charge in [0.1, 0.15) is 16.7 Å². The Labute approximate surface area is 174 Å². The van der Waals surface area contributed by atoms with Crippen molar-refractivity contribution in [3.05, 3.63) is 24.3 Å². The zero-order valence-corrected chi connectivity index (χ0v) is 18.7. The van der Waals surface area contributed by atoms with Gasteiger partial charge >= 0.3 is 0 Å². The van der Waals surface area contributed by atoms with Gasteiger partial charge in [-0.3, -0.25) is 4.79 Å². The van der Waals surface area contributed by atoms with Crippen LogP contribution in [0.1, 0.15) is 33.1 Å². The van der Waals surface area contributed by atoms with E-state index in [1.54, 1.807) is 28.6 Å². The lowest BCUT2D eigenvalue weighted by Gasteiger charge is -2.32. The van der Waals surface area contributed by atoms with E-state index in [9.17, 15) is 13.2 Å². The molecule has 29 heavy (non-hydrogen) atoms. The van der Waals surface area contributed by atoms with Crippen LogP contribution < -0.4 is 4.74 Å². The van der Waals surface area contributed by atoms with Crippen molar-refractivity contribution in [3.63, 3.8) is 0 Å². The van der Waals surface area contributed by atoms with Crippen molar-refractivity contribution in [2.45, 2.75) is 50.2 Å². The average molecular weight is 424 g/mol. The van der Waals surface area contributed by atoms with Crippen LogP contribution in [-0.2, 0) is 14.8 Å². The third kappa shape index (κ3) is 4.92. The van der Waals surface area contributed by atoms with E-state index in [4.69, 9.17) is 4.74 Å². The molecule has 0 N–H and O–H groups in total. The second-order valence-electron chi connectivity index (χ2n) is 8.65. The number of hydrogen-bond donors (Lipinski definition) is 0. The number of benzene rings is 1. The minimum Gasteiger partial charge on any atom is -0.487 e. The van der Waals surface area contributed by atoms with Crippen LogP contribution in [-0.4, -0.2) is 80.9 Å². The molecule has 1 fully saturated rings. The molecule has 2 aliphatic rings. The minimum absolute atomic E-state index is 0.138. The monoisotopic (exact) mass is 423 g/mol. The molecule has 2 atom stereocenters. The van der Waals surface area contributed by atoms with Gasteiger partial charge in [0.05, 0.1) is 6.04 Å². The number of nitrogens with zero attached hydrogens (tertiary/aromatic N) is 3. The summed E-state index contributed by atoms with van der Waals surface area (Å²) in [6, 6.07) is 6.60. The highest BCUT2D eigenvalue weighted by Crippen LogP contribution is 2.36. The maximum atomic E-state index is 13.5. The van der Waals surface area contributed by atoms with Crippen molar-refractivity contribution in [2.75, 3.05) is 40.3 Å². The molecule has 1 amide bonds. The number of amides is 1. The number of ether oxygens (including phenoxy) is 1. The smallest absolute Gasteiger partial charge is 0.247 e. The summed E-state index contributed by atoms with van der Waals surface area (Å²) in [6.07, 6.45) is 1.45. The van der Waals surface area contributed by atoms with Gasteiger partial charge in [0.15, 0.2) is 0 Å². The van der Waals surface area contributed by atoms with Crippen molar-refractivity contribution in [3.8, 4) is 5.75 Å². The molecule has 0 unspecified atom stereocenters. The Balaban J connectivity index is 1.92. The Bertz CT molecular complexity index is 825. The van der Waals surface area contributed by atoms with Crippen molar-refractivity contribution in [1.82, 2.24) is 14.1 Å². The van der Waals surface area contributed by atoms with Crippen LogP contribution >= 0.6 is 0 Å². The number of carbonyl (C=O) groups excluding carboxylic acids is 1. The topological polar surface area (TPSA) is 70.2 Å². The van der Waals surface area contributed by atoms with Gasteiger partial charge in [-0.2, -0.15) is 4.31 Å². The van der Waals surface area contributed by atoms with E-state index in [2.05, 4.69) is 0 Å². The number of para-hydroxylation sites is 1. The number of likely N-dealkylation sites (tertiary alicyclic amines) is 1. The predicted molar refractivity (Wildman–Crippen MR) is 112 cm³/mol. The first-order valence-electron chi connectivity index (χ1n) is 10.4. The van der Waals surface area contributed by atoms with E-state index in [1.165, 1.54) is 0 Å². The predicted octanol–water partition coefficient (Wildman–Crippen LogP) is 2.04. The van der Waals surface area contributed by atoms with Crippen LogP contribution in [0.3, 0.4) is 0 Å². The number of carbonyl (C=O) groups is 1. The highest BCUT2D eigenvalue weighted by Gasteiger charge is 2.43. The maximum absolute atomic E-state index is 13.5. The molecule has 1 aromatic rings. The SMILES string of the molecule is CC(C)CC(=O)N1CC[C@@H]2[C@@H](CC1)Oc1ccccc1S(=O)(=O)N2CCN(C)C. The molecule has 0 saturated carbocycles. The lowest BCUT2D eigenvalue weighted by molar-refractivity contribution is -0.131. The van der Waals surface area contributed by atoms with Crippen LogP contribution in [0.25, 0.3) is 0 Å². The maximum Gasteiger partial charge on any atom is 0.247 e. The normalized spacial score (nSPS) is 24.4. The molecule has 0 radical (unpaired) electrons. The average Bonchev–Trinajstić information content (AvgIpc) is 2.88. The van der Waals surface area contributed by atoms with Gasteiger partial charge in [-0.25, -0.2) is 8.42 Å². The Morgan fingerprint density at radius 1 is 1.21 bits per heavy atom. The van der Waals surface area contributed by atoms with Crippen LogP contribution in [0.2, 0.25) is 0 Å². The molecule has 2 aliphatic heterocycles. The fourth-order valence-corrected chi connectivity index (χ4v) is 5.86. The van der Waals surface area contributed by atoms with Gasteiger partial charge in [0, 0.05) is 39.0 Å². The number of hydrogen-bond acceptors (Lipinski definition) is 5. The molecule has 0 bridgehead atoms. The van der Waals surface area contributed by atoms with Crippen molar-refractivity contribution in [2.24, 2.45) is 5.92 Å². The molecule has 1 saturated heterocycles. The van der Waals surface area contributed by atoms with Gasteiger partial charge in [0.25, 0.3) is 0 Å². The van der Waals surface area contributed by atoms with Gasteiger partial charge in [-0.05, 0) is 38.6 Å². The lowest BCUT2D eigenvalue weighted by Crippen LogP contribution is -2.49. The summed E-state index contributed by atoms with van der Waals surface area (Å²) in [5.41, 5.74) is 0. The fourth-order valence-electron chi connectivity index (χ4n) is 4.07.